The van der Waals surface area contributed by atoms with E-state index in [1.807, 2.05) is 70.2 Å². The molecule has 2 aromatic carbocycles. The summed E-state index contributed by atoms with van der Waals surface area (Å²) in [5.41, 5.74) is 5.75. The van der Waals surface area contributed by atoms with Crippen LogP contribution >= 0.6 is 23.2 Å². The van der Waals surface area contributed by atoms with Gasteiger partial charge in [-0.1, -0.05) is 79.0 Å². The Kier molecular flexibility index (Phi) is 13.9. The highest BCUT2D eigenvalue weighted by Crippen LogP contribution is 2.29. The van der Waals surface area contributed by atoms with Crippen molar-refractivity contribution in [3.05, 3.63) is 81.4 Å². The first-order chi connectivity index (χ1) is 14.6. The third kappa shape index (κ3) is 10.3. The van der Waals surface area contributed by atoms with E-state index in [4.69, 9.17) is 23.2 Å². The number of terminal acetylenes is 1. The first-order valence-corrected chi connectivity index (χ1v) is 10.5. The molecule has 0 aliphatic rings. The molecule has 0 aliphatic heterocycles. The molecule has 1 amide bonds. The summed E-state index contributed by atoms with van der Waals surface area (Å²) in [4.78, 5) is 11.9. The van der Waals surface area contributed by atoms with Crippen LogP contribution in [0.3, 0.4) is 0 Å². The van der Waals surface area contributed by atoms with Gasteiger partial charge in [-0.15, -0.1) is 0 Å². The van der Waals surface area contributed by atoms with Crippen LogP contribution < -0.4 is 5.32 Å². The van der Waals surface area contributed by atoms with Crippen LogP contribution in [0.1, 0.15) is 45.2 Å². The molecule has 5 heteroatoms. The van der Waals surface area contributed by atoms with Crippen molar-refractivity contribution in [2.24, 2.45) is 0 Å². The largest absolute Gasteiger partial charge is 0.450 e. The highest BCUT2D eigenvalue weighted by molar-refractivity contribution is 6.43. The van der Waals surface area contributed by atoms with Gasteiger partial charge in [0.2, 0.25) is 0 Å². The Bertz CT molecular complexity index is 956. The van der Waals surface area contributed by atoms with Crippen LogP contribution in [0.4, 0.5) is 5.69 Å². The van der Waals surface area contributed by atoms with Crippen molar-refractivity contribution in [2.45, 2.75) is 41.0 Å². The lowest BCUT2D eigenvalue weighted by atomic mass is 10.1. The maximum absolute atomic E-state index is 11.9. The topological polar surface area (TPSA) is 38.3 Å². The molecule has 0 bridgehead atoms. The molecule has 3 nitrogen and oxygen atoms in total. The summed E-state index contributed by atoms with van der Waals surface area (Å²) in [6, 6.07) is 13.3. The van der Waals surface area contributed by atoms with E-state index in [-0.39, 0.29) is 5.91 Å². The van der Waals surface area contributed by atoms with Gasteiger partial charge in [0.05, 0.1) is 17.2 Å². The molecular formula is C26H31Cl2NO2. The maximum Gasteiger partial charge on any atom is 0.251 e. The molecule has 2 rings (SSSR count). The summed E-state index contributed by atoms with van der Waals surface area (Å²) in [5, 5.41) is 4.09. The van der Waals surface area contributed by atoms with Gasteiger partial charge in [0, 0.05) is 11.3 Å². The number of hydrogen-bond acceptors (Lipinski definition) is 2. The molecule has 0 unspecified atom stereocenters. The predicted molar refractivity (Wildman–Crippen MR) is 135 cm³/mol. The van der Waals surface area contributed by atoms with E-state index in [1.165, 1.54) is 7.11 Å². The Labute approximate surface area is 197 Å². The summed E-state index contributed by atoms with van der Waals surface area (Å²) in [7, 11) is 1.44. The number of aryl methyl sites for hydroxylation is 1. The van der Waals surface area contributed by atoms with Gasteiger partial charge in [0.1, 0.15) is 6.11 Å². The first-order valence-electron chi connectivity index (χ1n) is 9.72. The van der Waals surface area contributed by atoms with Crippen LogP contribution in [0, 0.1) is 19.5 Å². The van der Waals surface area contributed by atoms with Gasteiger partial charge in [-0.05, 0) is 62.9 Å². The summed E-state index contributed by atoms with van der Waals surface area (Å²) in [5.74, 6) is -0.00588. The lowest BCUT2D eigenvalue weighted by Gasteiger charge is -2.09. The minimum Gasteiger partial charge on any atom is -0.450 e. The van der Waals surface area contributed by atoms with Gasteiger partial charge in [0.25, 0.3) is 5.91 Å². The summed E-state index contributed by atoms with van der Waals surface area (Å²) in [6.07, 6.45) is 7.40. The van der Waals surface area contributed by atoms with Gasteiger partial charge >= 0.3 is 0 Å². The molecule has 166 valence electrons. The normalized spacial score (nSPS) is 10.2. The fourth-order valence-corrected chi connectivity index (χ4v) is 2.68. The van der Waals surface area contributed by atoms with Crippen LogP contribution in [0.2, 0.25) is 10.0 Å². The lowest BCUT2D eigenvalue weighted by Crippen LogP contribution is -2.14. The minimum absolute atomic E-state index is 0.00588. The first kappa shape index (κ1) is 28.3. The number of ether oxygens (including phenoxy) is 1. The second-order valence-electron chi connectivity index (χ2n) is 6.73. The molecule has 0 saturated heterocycles. The zero-order valence-corrected chi connectivity index (χ0v) is 20.6. The van der Waals surface area contributed by atoms with Gasteiger partial charge in [-0.25, -0.2) is 0 Å². The third-order valence-corrected chi connectivity index (χ3v) is 5.25. The van der Waals surface area contributed by atoms with Crippen LogP contribution in [0.15, 0.2) is 60.2 Å². The molecule has 0 saturated carbocycles. The van der Waals surface area contributed by atoms with E-state index in [2.05, 4.69) is 30.0 Å². The van der Waals surface area contributed by atoms with Crippen molar-refractivity contribution < 1.29 is 9.53 Å². The van der Waals surface area contributed by atoms with Crippen LogP contribution in [0.25, 0.3) is 5.57 Å². The minimum atomic E-state index is -0.00588. The second-order valence-corrected chi connectivity index (χ2v) is 7.52. The zero-order chi connectivity index (χ0) is 24.0. The number of carbonyl (C=O) groups excluding carboxylic acids is 1. The quantitative estimate of drug-likeness (QED) is 0.372. The SMILES string of the molecule is C#COC.C=C(C)c1cccc(Cl)c1Cl.CC/C(C)=C(/C)C(=O)Nc1ccccc1C. The van der Waals surface area contributed by atoms with Crippen molar-refractivity contribution in [1.29, 1.82) is 0 Å². The van der Waals surface area contributed by atoms with Gasteiger partial charge in [-0.3, -0.25) is 4.79 Å². The molecule has 1 N–H and O–H groups in total. The molecule has 0 heterocycles. The summed E-state index contributed by atoms with van der Waals surface area (Å²) >= 11 is 11.7. The standard InChI is InChI=1S/C14H19NO.C9H8Cl2.C3H4O/c1-5-10(2)12(4)14(16)15-13-9-7-6-8-11(13)3;1-6(2)7-4-3-5-8(10)9(7)11;1-3-4-2/h6-9H,5H2,1-4H3,(H,15,16);3-5H,1H2,2H3;1H,2H3/b12-10-;;. The van der Waals surface area contributed by atoms with Crippen molar-refractivity contribution >= 4 is 40.4 Å². The van der Waals surface area contributed by atoms with Crippen LogP contribution in [0.5, 0.6) is 0 Å². The van der Waals surface area contributed by atoms with E-state index in [0.29, 0.717) is 10.0 Å². The van der Waals surface area contributed by atoms with E-state index in [0.717, 1.165) is 40.0 Å². The Morgan fingerprint density at radius 1 is 1.13 bits per heavy atom. The number of anilines is 1. The van der Waals surface area contributed by atoms with E-state index in [9.17, 15) is 4.79 Å². The number of rotatable bonds is 4. The number of para-hydroxylation sites is 1. The van der Waals surface area contributed by atoms with Crippen molar-refractivity contribution in [1.82, 2.24) is 0 Å². The molecule has 0 radical (unpaired) electrons. The van der Waals surface area contributed by atoms with E-state index < -0.39 is 0 Å². The smallest absolute Gasteiger partial charge is 0.251 e. The maximum atomic E-state index is 11.9. The number of allylic oxidation sites excluding steroid dienone is 2. The molecule has 31 heavy (non-hydrogen) atoms. The molecule has 0 spiro atoms. The molecule has 0 atom stereocenters. The number of nitrogens with one attached hydrogen (secondary N) is 1. The fraction of sp³-hybridized carbons (Fsp3) is 0.269. The average molecular weight is 460 g/mol. The monoisotopic (exact) mass is 459 g/mol. The second kappa shape index (κ2) is 15.2. The lowest BCUT2D eigenvalue weighted by molar-refractivity contribution is -0.112. The highest BCUT2D eigenvalue weighted by Gasteiger charge is 2.08. The summed E-state index contributed by atoms with van der Waals surface area (Å²) in [6.45, 7) is 13.6. The van der Waals surface area contributed by atoms with Crippen molar-refractivity contribution in [3.63, 3.8) is 0 Å². The molecule has 0 aliphatic carbocycles. The molecular weight excluding hydrogens is 429 g/mol. The average Bonchev–Trinajstić information content (AvgIpc) is 2.76. The van der Waals surface area contributed by atoms with E-state index in [1.54, 1.807) is 6.07 Å². The summed E-state index contributed by atoms with van der Waals surface area (Å²) < 4.78 is 4.07. The zero-order valence-electron chi connectivity index (χ0n) is 19.1. The number of amides is 1. The van der Waals surface area contributed by atoms with Crippen LogP contribution in [-0.2, 0) is 9.53 Å². The van der Waals surface area contributed by atoms with E-state index >= 15 is 0 Å². The Morgan fingerprint density at radius 2 is 1.71 bits per heavy atom. The molecule has 0 aromatic heterocycles. The number of hydrogen-bond donors (Lipinski definition) is 1. The van der Waals surface area contributed by atoms with Gasteiger partial charge < -0.3 is 10.1 Å². The Morgan fingerprint density at radius 3 is 2.16 bits per heavy atom. The van der Waals surface area contributed by atoms with Crippen molar-refractivity contribution in [3.8, 4) is 12.5 Å². The highest BCUT2D eigenvalue weighted by atomic mass is 35.5. The molecule has 2 aromatic rings. The Hall–Kier alpha value is -2.67. The predicted octanol–water partition coefficient (Wildman–Crippen LogP) is 7.93. The van der Waals surface area contributed by atoms with Gasteiger partial charge in [-0.2, -0.15) is 0 Å². The third-order valence-electron chi connectivity index (χ3n) is 4.43. The fourth-order valence-electron chi connectivity index (χ4n) is 2.22. The number of halogens is 2. The number of methoxy groups -OCH3 is 1. The van der Waals surface area contributed by atoms with Gasteiger partial charge in [0.15, 0.2) is 0 Å². The number of benzene rings is 2. The Balaban J connectivity index is 0.000000518. The van der Waals surface area contributed by atoms with Crippen molar-refractivity contribution in [2.75, 3.05) is 12.4 Å². The molecule has 0 fully saturated rings. The number of carbonyl (C=O) groups is 1. The van der Waals surface area contributed by atoms with Crippen LogP contribution in [-0.4, -0.2) is 13.0 Å².